The highest BCUT2D eigenvalue weighted by molar-refractivity contribution is 5.97. The van der Waals surface area contributed by atoms with Gasteiger partial charge in [-0.1, -0.05) is 42.8 Å². The molecule has 29 heavy (non-hydrogen) atoms. The zero-order chi connectivity index (χ0) is 19.8. The molecule has 2 aromatic rings. The highest BCUT2D eigenvalue weighted by atomic mass is 35.5. The number of rotatable bonds is 5. The van der Waals surface area contributed by atoms with Crippen LogP contribution in [0.15, 0.2) is 36.4 Å². The van der Waals surface area contributed by atoms with Crippen molar-refractivity contribution in [2.45, 2.75) is 89.9 Å². The Morgan fingerprint density at radius 1 is 1.00 bits per heavy atom. The highest BCUT2D eigenvalue weighted by Crippen LogP contribution is 2.40. The number of hydrogen-bond donors (Lipinski definition) is 0. The summed E-state index contributed by atoms with van der Waals surface area (Å²) in [6.45, 7) is 9.01. The van der Waals surface area contributed by atoms with Crippen LogP contribution in [0, 0.1) is 0 Å². The Morgan fingerprint density at radius 3 is 2.34 bits per heavy atom. The van der Waals surface area contributed by atoms with Crippen molar-refractivity contribution in [1.82, 2.24) is 4.90 Å². The van der Waals surface area contributed by atoms with E-state index >= 15 is 0 Å². The maximum Gasteiger partial charge on any atom is 0.314 e. The van der Waals surface area contributed by atoms with Gasteiger partial charge in [0.1, 0.15) is 6.10 Å². The molecule has 0 aromatic heterocycles. The molecule has 2 aromatic carbocycles. The molecule has 0 amide bonds. The first-order valence-corrected chi connectivity index (χ1v) is 11.0. The number of nitrogens with zero attached hydrogens (tertiary/aromatic N) is 1. The Kier molecular flexibility index (Phi) is 6.90. The Hall–Kier alpha value is -1.58. The highest BCUT2D eigenvalue weighted by Gasteiger charge is 2.38. The van der Waals surface area contributed by atoms with Crippen molar-refractivity contribution in [1.29, 1.82) is 0 Å². The third kappa shape index (κ3) is 4.18. The van der Waals surface area contributed by atoms with Gasteiger partial charge < -0.3 is 4.74 Å². The summed E-state index contributed by atoms with van der Waals surface area (Å²) >= 11 is 0. The van der Waals surface area contributed by atoms with Gasteiger partial charge in [0.15, 0.2) is 0 Å². The van der Waals surface area contributed by atoms with Crippen LogP contribution in [0.4, 0.5) is 0 Å². The normalized spacial score (nSPS) is 23.6. The third-order valence-corrected chi connectivity index (χ3v) is 6.62. The van der Waals surface area contributed by atoms with Crippen LogP contribution in [0.5, 0.6) is 0 Å². The second-order valence-electron chi connectivity index (χ2n) is 9.08. The molecule has 2 aliphatic carbocycles. The van der Waals surface area contributed by atoms with Crippen LogP contribution in [-0.4, -0.2) is 35.1 Å². The zero-order valence-corrected chi connectivity index (χ0v) is 18.9. The number of carbonyl (C=O) groups is 1. The molecule has 158 valence electrons. The van der Waals surface area contributed by atoms with Crippen LogP contribution >= 0.6 is 12.4 Å². The smallest absolute Gasteiger partial charge is 0.314 e. The topological polar surface area (TPSA) is 29.5 Å². The standard InChI is InChI=1S/C25H33NO2.ClH/c1-16(2)26(17(3)4)22-13-5-6-14-23(22)28-25(27)21-15-19-11-7-9-18-10-8-12-20(21)24(18)19;/h7-12,16-17,21-23H,5-6,13-15H2,1-4H3;1H/t21?,22-,23-;/m1./s1. The summed E-state index contributed by atoms with van der Waals surface area (Å²) in [5, 5.41) is 2.49. The predicted octanol–water partition coefficient (Wildman–Crippen LogP) is 5.87. The molecule has 4 heteroatoms. The number of esters is 1. The van der Waals surface area contributed by atoms with Crippen molar-refractivity contribution in [2.24, 2.45) is 0 Å². The largest absolute Gasteiger partial charge is 0.460 e. The summed E-state index contributed by atoms with van der Waals surface area (Å²) in [4.78, 5) is 15.8. The van der Waals surface area contributed by atoms with Crippen molar-refractivity contribution in [3.63, 3.8) is 0 Å². The van der Waals surface area contributed by atoms with Crippen LogP contribution in [0.3, 0.4) is 0 Å². The molecular weight excluding hydrogens is 382 g/mol. The maximum atomic E-state index is 13.3. The van der Waals surface area contributed by atoms with Gasteiger partial charge in [0, 0.05) is 18.1 Å². The SMILES string of the molecule is CC(C)N(C(C)C)[C@@H]1CCCC[C@H]1OC(=O)C1Cc2cccc3cccc1c23.Cl. The fraction of sp³-hybridized carbons (Fsp3) is 0.560. The van der Waals surface area contributed by atoms with Crippen molar-refractivity contribution >= 4 is 29.1 Å². The zero-order valence-electron chi connectivity index (χ0n) is 18.1. The van der Waals surface area contributed by atoms with E-state index in [1.54, 1.807) is 0 Å². The number of halogens is 1. The predicted molar refractivity (Wildman–Crippen MR) is 122 cm³/mol. The van der Waals surface area contributed by atoms with Gasteiger partial charge in [-0.15, -0.1) is 12.4 Å². The molecule has 0 spiro atoms. The quantitative estimate of drug-likeness (QED) is 0.571. The minimum atomic E-state index is -0.157. The van der Waals surface area contributed by atoms with Crippen LogP contribution in [0.2, 0.25) is 0 Å². The Bertz CT molecular complexity index is 850. The van der Waals surface area contributed by atoms with Crippen LogP contribution < -0.4 is 0 Å². The maximum absolute atomic E-state index is 13.3. The van der Waals surface area contributed by atoms with Gasteiger partial charge in [0.2, 0.25) is 0 Å². The molecule has 4 rings (SSSR count). The summed E-state index contributed by atoms with van der Waals surface area (Å²) in [6, 6.07) is 13.9. The molecule has 0 saturated heterocycles. The van der Waals surface area contributed by atoms with E-state index in [0.29, 0.717) is 18.1 Å². The van der Waals surface area contributed by atoms with Crippen molar-refractivity contribution in [3.05, 3.63) is 47.5 Å². The number of benzene rings is 2. The summed E-state index contributed by atoms with van der Waals surface area (Å²) in [7, 11) is 0. The third-order valence-electron chi connectivity index (χ3n) is 6.62. The minimum Gasteiger partial charge on any atom is -0.460 e. The first-order valence-electron chi connectivity index (χ1n) is 11.0. The average Bonchev–Trinajstić information content (AvgIpc) is 3.04. The first kappa shape index (κ1) is 22.1. The molecular formula is C25H34ClNO2. The number of hydrogen-bond acceptors (Lipinski definition) is 3. The van der Waals surface area contributed by atoms with Crippen LogP contribution in [-0.2, 0) is 16.0 Å². The lowest BCUT2D eigenvalue weighted by Gasteiger charge is -2.44. The van der Waals surface area contributed by atoms with E-state index < -0.39 is 0 Å². The molecule has 1 fully saturated rings. The molecule has 0 radical (unpaired) electrons. The van der Waals surface area contributed by atoms with Crippen LogP contribution in [0.25, 0.3) is 10.8 Å². The summed E-state index contributed by atoms with van der Waals surface area (Å²) in [6.07, 6.45) is 5.26. The summed E-state index contributed by atoms with van der Waals surface area (Å²) < 4.78 is 6.25. The van der Waals surface area contributed by atoms with Crippen LogP contribution in [0.1, 0.15) is 70.4 Å². The molecule has 0 aliphatic heterocycles. The molecule has 0 N–H and O–H groups in total. The Labute approximate surface area is 181 Å². The van der Waals surface area contributed by atoms with Gasteiger partial charge in [-0.05, 0) is 75.3 Å². The molecule has 0 heterocycles. The Balaban J connectivity index is 0.00000240. The number of carbonyl (C=O) groups excluding carboxylic acids is 1. The second-order valence-corrected chi connectivity index (χ2v) is 9.08. The van der Waals surface area contributed by atoms with E-state index in [0.717, 1.165) is 31.2 Å². The second kappa shape index (κ2) is 9.06. The summed E-state index contributed by atoms with van der Waals surface area (Å²) in [5.41, 5.74) is 2.43. The molecule has 1 unspecified atom stereocenters. The van der Waals surface area contributed by atoms with Gasteiger partial charge in [-0.2, -0.15) is 0 Å². The van der Waals surface area contributed by atoms with Gasteiger partial charge in [0.25, 0.3) is 0 Å². The number of ether oxygens (including phenoxy) is 1. The summed E-state index contributed by atoms with van der Waals surface area (Å²) in [5.74, 6) is -0.191. The molecule has 0 bridgehead atoms. The molecule has 2 aliphatic rings. The van der Waals surface area contributed by atoms with Crippen molar-refractivity contribution in [2.75, 3.05) is 0 Å². The minimum absolute atomic E-state index is 0. The van der Waals surface area contributed by atoms with Gasteiger partial charge in [0.05, 0.1) is 5.92 Å². The van der Waals surface area contributed by atoms with Crippen molar-refractivity contribution < 1.29 is 9.53 Å². The molecule has 3 atom stereocenters. The van der Waals surface area contributed by atoms with E-state index in [1.807, 2.05) is 0 Å². The fourth-order valence-electron chi connectivity index (χ4n) is 5.60. The van der Waals surface area contributed by atoms with E-state index in [1.165, 1.54) is 22.8 Å². The first-order chi connectivity index (χ1) is 13.5. The molecule has 3 nitrogen and oxygen atoms in total. The lowest BCUT2D eigenvalue weighted by Crippen LogP contribution is -2.53. The van der Waals surface area contributed by atoms with Gasteiger partial charge in [-0.3, -0.25) is 9.69 Å². The van der Waals surface area contributed by atoms with Gasteiger partial charge in [-0.25, -0.2) is 0 Å². The Morgan fingerprint density at radius 2 is 1.66 bits per heavy atom. The molecule has 1 saturated carbocycles. The fourth-order valence-corrected chi connectivity index (χ4v) is 5.60. The van der Waals surface area contributed by atoms with E-state index in [-0.39, 0.29) is 30.4 Å². The van der Waals surface area contributed by atoms with E-state index in [9.17, 15) is 4.79 Å². The average molecular weight is 416 g/mol. The van der Waals surface area contributed by atoms with Gasteiger partial charge >= 0.3 is 5.97 Å². The van der Waals surface area contributed by atoms with Crippen molar-refractivity contribution in [3.8, 4) is 0 Å². The van der Waals surface area contributed by atoms with E-state index in [2.05, 4.69) is 69.0 Å². The van der Waals surface area contributed by atoms with E-state index in [4.69, 9.17) is 4.74 Å². The lowest BCUT2D eigenvalue weighted by molar-refractivity contribution is -0.158. The lowest BCUT2D eigenvalue weighted by atomic mass is 9.89. The monoisotopic (exact) mass is 415 g/mol.